The molecule has 0 spiro atoms. The number of carbonyl (C=O) groups is 2. The van der Waals surface area contributed by atoms with Crippen LogP contribution in [0.15, 0.2) is 54.1 Å². The second-order valence-corrected chi connectivity index (χ2v) is 9.53. The van der Waals surface area contributed by atoms with Crippen LogP contribution in [-0.2, 0) is 9.59 Å². The molecule has 3 aliphatic rings. The third-order valence-corrected chi connectivity index (χ3v) is 7.49. The summed E-state index contributed by atoms with van der Waals surface area (Å²) in [5.41, 5.74) is 8.17. The third kappa shape index (κ3) is 5.68. The van der Waals surface area contributed by atoms with E-state index in [0.717, 1.165) is 51.7 Å². The van der Waals surface area contributed by atoms with Gasteiger partial charge in [0.05, 0.1) is 0 Å². The van der Waals surface area contributed by atoms with Crippen molar-refractivity contribution in [1.29, 1.82) is 0 Å². The van der Waals surface area contributed by atoms with Gasteiger partial charge in [-0.2, -0.15) is 0 Å². The van der Waals surface area contributed by atoms with Crippen LogP contribution in [0.1, 0.15) is 47.9 Å². The summed E-state index contributed by atoms with van der Waals surface area (Å²) in [5, 5.41) is 3.13. The van der Waals surface area contributed by atoms with Crippen molar-refractivity contribution in [2.75, 3.05) is 39.3 Å². The molecule has 2 heterocycles. The summed E-state index contributed by atoms with van der Waals surface area (Å²) in [6, 6.07) is 17.4. The third-order valence-electron chi connectivity index (χ3n) is 7.49. The molecule has 2 aliphatic heterocycles. The molecule has 1 aliphatic carbocycles. The molecule has 5 nitrogen and oxygen atoms in total. The molecule has 0 unspecified atom stereocenters. The lowest BCUT2D eigenvalue weighted by Gasteiger charge is -2.31. The molecule has 6 heteroatoms. The Balaban J connectivity index is 0.00000289. The average Bonchev–Trinajstić information content (AvgIpc) is 3.06. The van der Waals surface area contributed by atoms with Gasteiger partial charge in [-0.3, -0.25) is 9.59 Å². The summed E-state index contributed by atoms with van der Waals surface area (Å²) in [5.74, 6) is 0.183. The Labute approximate surface area is 214 Å². The Morgan fingerprint density at radius 1 is 0.886 bits per heavy atom. The molecule has 0 atom stereocenters. The van der Waals surface area contributed by atoms with Crippen LogP contribution in [0.2, 0.25) is 0 Å². The largest absolute Gasteiger partial charge is 0.355 e. The lowest BCUT2D eigenvalue weighted by molar-refractivity contribution is -0.128. The van der Waals surface area contributed by atoms with E-state index in [9.17, 15) is 9.59 Å². The number of carbonyl (C=O) groups excluding carboxylic acids is 2. The molecule has 0 bridgehead atoms. The van der Waals surface area contributed by atoms with E-state index in [2.05, 4.69) is 70.9 Å². The van der Waals surface area contributed by atoms with E-state index in [1.54, 1.807) is 4.90 Å². The number of benzene rings is 2. The lowest BCUT2D eigenvalue weighted by atomic mass is 9.86. The standard InChI is InChI=1S/C29H33N3O2.ClH/c33-21-32-18-13-25(14-19-32)29(34)30-15-20-31-16-11-24(12-17-31)28-26-7-3-1-5-22(26)9-10-23-6-2-4-8-27(23)28;/h1-10,21,25H,11-20H2,(H,30,34);1H. The SMILES string of the molecule is Cl.O=CN1CCC(C(=O)NCCN2CCC(=C3c4ccccc4C=Cc4ccccc43)CC2)CC1. The van der Waals surface area contributed by atoms with Gasteiger partial charge >= 0.3 is 0 Å². The van der Waals surface area contributed by atoms with Crippen LogP contribution in [0, 0.1) is 5.92 Å². The van der Waals surface area contributed by atoms with Crippen molar-refractivity contribution in [3.63, 3.8) is 0 Å². The first-order chi connectivity index (χ1) is 16.7. The highest BCUT2D eigenvalue weighted by Crippen LogP contribution is 2.38. The first-order valence-corrected chi connectivity index (χ1v) is 12.5. The van der Waals surface area contributed by atoms with Crippen LogP contribution < -0.4 is 5.32 Å². The zero-order chi connectivity index (χ0) is 23.3. The van der Waals surface area contributed by atoms with Crippen molar-refractivity contribution in [3.8, 4) is 0 Å². The Morgan fingerprint density at radius 2 is 1.46 bits per heavy atom. The fourth-order valence-electron chi connectivity index (χ4n) is 5.49. The Bertz CT molecular complexity index is 1060. The van der Waals surface area contributed by atoms with Gasteiger partial charge in [0.2, 0.25) is 12.3 Å². The van der Waals surface area contributed by atoms with Gasteiger partial charge in [-0.1, -0.05) is 66.3 Å². The summed E-state index contributed by atoms with van der Waals surface area (Å²) < 4.78 is 0. The number of halogens is 1. The number of nitrogens with one attached hydrogen (secondary N) is 1. The summed E-state index contributed by atoms with van der Waals surface area (Å²) in [4.78, 5) is 27.6. The highest BCUT2D eigenvalue weighted by molar-refractivity contribution is 5.95. The minimum absolute atomic E-state index is 0. The molecular formula is C29H34ClN3O2. The minimum Gasteiger partial charge on any atom is -0.355 e. The summed E-state index contributed by atoms with van der Waals surface area (Å²) in [6.07, 6.45) is 9.00. The molecular weight excluding hydrogens is 458 g/mol. The molecule has 184 valence electrons. The fourth-order valence-corrected chi connectivity index (χ4v) is 5.49. The van der Waals surface area contributed by atoms with Crippen molar-refractivity contribution >= 4 is 42.4 Å². The van der Waals surface area contributed by atoms with Crippen LogP contribution >= 0.6 is 12.4 Å². The molecule has 2 aromatic carbocycles. The Morgan fingerprint density at radius 3 is 2.03 bits per heavy atom. The van der Waals surface area contributed by atoms with Crippen molar-refractivity contribution in [2.24, 2.45) is 5.92 Å². The van der Waals surface area contributed by atoms with Crippen LogP contribution in [-0.4, -0.2) is 61.4 Å². The highest BCUT2D eigenvalue weighted by Gasteiger charge is 2.25. The zero-order valence-electron chi connectivity index (χ0n) is 20.1. The number of amides is 2. The van der Waals surface area contributed by atoms with E-state index in [1.165, 1.54) is 33.4 Å². The second kappa shape index (κ2) is 11.7. The first-order valence-electron chi connectivity index (χ1n) is 12.5. The topological polar surface area (TPSA) is 52.7 Å². The maximum Gasteiger partial charge on any atom is 0.223 e. The Hall–Kier alpha value is -2.89. The fraction of sp³-hybridized carbons (Fsp3) is 0.379. The highest BCUT2D eigenvalue weighted by atomic mass is 35.5. The first kappa shape index (κ1) is 25.2. The van der Waals surface area contributed by atoms with Crippen LogP contribution in [0.25, 0.3) is 17.7 Å². The van der Waals surface area contributed by atoms with E-state index in [-0.39, 0.29) is 24.2 Å². The van der Waals surface area contributed by atoms with Crippen molar-refractivity contribution < 1.29 is 9.59 Å². The van der Waals surface area contributed by atoms with Gasteiger partial charge in [0.25, 0.3) is 0 Å². The zero-order valence-corrected chi connectivity index (χ0v) is 20.9. The smallest absolute Gasteiger partial charge is 0.223 e. The molecule has 2 fully saturated rings. The Kier molecular flexibility index (Phi) is 8.42. The molecule has 1 N–H and O–H groups in total. The number of hydrogen-bond donors (Lipinski definition) is 1. The van der Waals surface area contributed by atoms with E-state index in [0.29, 0.717) is 19.6 Å². The normalized spacial score (nSPS) is 18.2. The molecule has 0 saturated carbocycles. The number of likely N-dealkylation sites (tertiary alicyclic amines) is 2. The molecule has 2 amide bonds. The van der Waals surface area contributed by atoms with Crippen molar-refractivity contribution in [3.05, 3.63) is 76.4 Å². The maximum atomic E-state index is 12.5. The van der Waals surface area contributed by atoms with Gasteiger partial charge in [-0.15, -0.1) is 12.4 Å². The molecule has 2 saturated heterocycles. The van der Waals surface area contributed by atoms with Crippen molar-refractivity contribution in [2.45, 2.75) is 25.7 Å². The predicted octanol–water partition coefficient (Wildman–Crippen LogP) is 4.47. The van der Waals surface area contributed by atoms with E-state index in [4.69, 9.17) is 0 Å². The minimum atomic E-state index is 0. The van der Waals surface area contributed by atoms with Gasteiger partial charge in [-0.05, 0) is 53.5 Å². The number of fused-ring (bicyclic) bond motifs is 2. The maximum absolute atomic E-state index is 12.5. The van der Waals surface area contributed by atoms with E-state index < -0.39 is 0 Å². The lowest BCUT2D eigenvalue weighted by Crippen LogP contribution is -2.43. The van der Waals surface area contributed by atoms with Crippen LogP contribution in [0.4, 0.5) is 0 Å². The molecule has 2 aromatic rings. The van der Waals surface area contributed by atoms with Gasteiger partial charge in [0.1, 0.15) is 0 Å². The number of hydrogen-bond acceptors (Lipinski definition) is 3. The summed E-state index contributed by atoms with van der Waals surface area (Å²) in [7, 11) is 0. The van der Waals surface area contributed by atoms with Gasteiger partial charge < -0.3 is 15.1 Å². The monoisotopic (exact) mass is 491 g/mol. The van der Waals surface area contributed by atoms with Crippen LogP contribution in [0.5, 0.6) is 0 Å². The number of nitrogens with zero attached hydrogens (tertiary/aromatic N) is 2. The molecule has 5 rings (SSSR count). The summed E-state index contributed by atoms with van der Waals surface area (Å²) in [6.45, 7) is 4.98. The van der Waals surface area contributed by atoms with E-state index >= 15 is 0 Å². The van der Waals surface area contributed by atoms with Gasteiger partial charge in [0, 0.05) is 45.2 Å². The average molecular weight is 492 g/mol. The second-order valence-electron chi connectivity index (χ2n) is 9.53. The van der Waals surface area contributed by atoms with Crippen LogP contribution in [0.3, 0.4) is 0 Å². The van der Waals surface area contributed by atoms with Gasteiger partial charge in [0.15, 0.2) is 0 Å². The molecule has 35 heavy (non-hydrogen) atoms. The predicted molar refractivity (Wildman–Crippen MR) is 144 cm³/mol. The molecule has 0 aromatic heterocycles. The van der Waals surface area contributed by atoms with Gasteiger partial charge in [-0.25, -0.2) is 0 Å². The quantitative estimate of drug-likeness (QED) is 0.535. The molecule has 0 radical (unpaired) electrons. The van der Waals surface area contributed by atoms with E-state index in [1.807, 2.05) is 0 Å². The number of rotatable bonds is 5. The number of piperidine rings is 2. The summed E-state index contributed by atoms with van der Waals surface area (Å²) >= 11 is 0. The van der Waals surface area contributed by atoms with Crippen molar-refractivity contribution in [1.82, 2.24) is 15.1 Å².